The van der Waals surface area contributed by atoms with Crippen molar-refractivity contribution in [2.24, 2.45) is 0 Å². The highest BCUT2D eigenvalue weighted by Gasteiger charge is 2.18. The van der Waals surface area contributed by atoms with E-state index in [4.69, 9.17) is 0 Å². The molecule has 116 valence electrons. The van der Waals surface area contributed by atoms with Crippen LogP contribution in [0.15, 0.2) is 41.6 Å². The van der Waals surface area contributed by atoms with Gasteiger partial charge >= 0.3 is 0 Å². The Morgan fingerprint density at radius 2 is 1.82 bits per heavy atom. The molecule has 0 aromatic carbocycles. The first kappa shape index (κ1) is 14.7. The van der Waals surface area contributed by atoms with E-state index >= 15 is 0 Å². The zero-order valence-corrected chi connectivity index (χ0v) is 12.9. The van der Waals surface area contributed by atoms with Gasteiger partial charge in [-0.05, 0) is 18.6 Å². The van der Waals surface area contributed by atoms with Crippen LogP contribution in [0.3, 0.4) is 0 Å². The van der Waals surface area contributed by atoms with E-state index in [1.54, 1.807) is 23.0 Å². The molecule has 22 heavy (non-hydrogen) atoms. The molecule has 0 aliphatic carbocycles. The van der Waals surface area contributed by atoms with Gasteiger partial charge in [0.15, 0.2) is 0 Å². The number of piperazine rings is 1. The van der Waals surface area contributed by atoms with Crippen molar-refractivity contribution in [3.63, 3.8) is 0 Å². The minimum atomic E-state index is 0.0669. The molecule has 0 amide bonds. The summed E-state index contributed by atoms with van der Waals surface area (Å²) in [6.45, 7) is 7.39. The average molecular weight is 299 g/mol. The summed E-state index contributed by atoms with van der Waals surface area (Å²) in [5.41, 5.74) is 1.25. The number of hydrogen-bond donors (Lipinski definition) is 0. The molecule has 1 aliphatic rings. The predicted molar refractivity (Wildman–Crippen MR) is 85.9 cm³/mol. The van der Waals surface area contributed by atoms with Crippen molar-refractivity contribution in [3.05, 3.63) is 52.7 Å². The van der Waals surface area contributed by atoms with Crippen molar-refractivity contribution in [2.45, 2.75) is 20.0 Å². The van der Waals surface area contributed by atoms with Gasteiger partial charge in [0.1, 0.15) is 0 Å². The molecule has 0 unspecified atom stereocenters. The van der Waals surface area contributed by atoms with Crippen LogP contribution >= 0.6 is 0 Å². The van der Waals surface area contributed by atoms with Crippen molar-refractivity contribution in [2.75, 3.05) is 31.1 Å². The van der Waals surface area contributed by atoms with Crippen LogP contribution in [0.2, 0.25) is 0 Å². The Morgan fingerprint density at radius 1 is 1.09 bits per heavy atom. The van der Waals surface area contributed by atoms with Crippen molar-refractivity contribution in [1.82, 2.24) is 19.4 Å². The molecule has 1 saturated heterocycles. The predicted octanol–water partition coefficient (Wildman–Crippen LogP) is 0.980. The van der Waals surface area contributed by atoms with Crippen LogP contribution in [-0.2, 0) is 13.1 Å². The number of aryl methyl sites for hydroxylation is 1. The van der Waals surface area contributed by atoms with Crippen molar-refractivity contribution >= 4 is 5.95 Å². The van der Waals surface area contributed by atoms with Crippen LogP contribution in [0.25, 0.3) is 0 Å². The molecule has 6 nitrogen and oxygen atoms in total. The Labute approximate surface area is 130 Å². The van der Waals surface area contributed by atoms with E-state index in [9.17, 15) is 4.79 Å². The number of nitrogens with zero attached hydrogens (tertiary/aromatic N) is 5. The lowest BCUT2D eigenvalue weighted by Gasteiger charge is -2.34. The van der Waals surface area contributed by atoms with Crippen LogP contribution in [0, 0.1) is 0 Å². The molecule has 0 atom stereocenters. The maximum atomic E-state index is 11.6. The summed E-state index contributed by atoms with van der Waals surface area (Å²) in [5, 5.41) is 0. The molecular formula is C16H21N5O. The smallest absolute Gasteiger partial charge is 0.250 e. The standard InChI is InChI=1S/C16H21N5O/c1-2-20-13-14(4-5-15(20)22)12-19-8-10-21(11-9-19)16-17-6-3-7-18-16/h3-7,13H,2,8-12H2,1H3. The normalized spacial score (nSPS) is 16.0. The number of rotatable bonds is 4. The van der Waals surface area contributed by atoms with Gasteiger partial charge in [-0.3, -0.25) is 9.69 Å². The number of hydrogen-bond acceptors (Lipinski definition) is 5. The summed E-state index contributed by atoms with van der Waals surface area (Å²) >= 11 is 0. The third-order valence-electron chi connectivity index (χ3n) is 4.00. The van der Waals surface area contributed by atoms with Gasteiger partial charge in [-0.25, -0.2) is 9.97 Å². The van der Waals surface area contributed by atoms with Gasteiger partial charge in [0.05, 0.1) is 0 Å². The fourth-order valence-electron chi connectivity index (χ4n) is 2.74. The zero-order chi connectivity index (χ0) is 15.4. The first-order valence-electron chi connectivity index (χ1n) is 7.70. The molecule has 6 heteroatoms. The quantitative estimate of drug-likeness (QED) is 0.842. The van der Waals surface area contributed by atoms with E-state index < -0.39 is 0 Å². The Morgan fingerprint density at radius 3 is 2.50 bits per heavy atom. The average Bonchev–Trinajstić information content (AvgIpc) is 2.58. The lowest BCUT2D eigenvalue weighted by atomic mass is 10.2. The Bertz CT molecular complexity index is 662. The summed E-state index contributed by atoms with van der Waals surface area (Å²) in [6.07, 6.45) is 5.53. The maximum absolute atomic E-state index is 11.6. The highest BCUT2D eigenvalue weighted by Crippen LogP contribution is 2.11. The molecule has 2 aromatic rings. The van der Waals surface area contributed by atoms with Gasteiger partial charge in [-0.1, -0.05) is 6.07 Å². The monoisotopic (exact) mass is 299 g/mol. The molecule has 0 saturated carbocycles. The van der Waals surface area contributed by atoms with Crippen LogP contribution < -0.4 is 10.5 Å². The highest BCUT2D eigenvalue weighted by molar-refractivity contribution is 5.29. The van der Waals surface area contributed by atoms with Gasteiger partial charge in [-0.2, -0.15) is 0 Å². The fraction of sp³-hybridized carbons (Fsp3) is 0.438. The molecule has 3 rings (SSSR count). The van der Waals surface area contributed by atoms with E-state index in [1.807, 2.05) is 25.3 Å². The summed E-state index contributed by atoms with van der Waals surface area (Å²) in [7, 11) is 0. The largest absolute Gasteiger partial charge is 0.338 e. The minimum Gasteiger partial charge on any atom is -0.338 e. The van der Waals surface area contributed by atoms with Crippen LogP contribution in [0.4, 0.5) is 5.95 Å². The van der Waals surface area contributed by atoms with Gasteiger partial charge in [-0.15, -0.1) is 0 Å². The second kappa shape index (κ2) is 6.70. The van der Waals surface area contributed by atoms with E-state index in [1.165, 1.54) is 5.56 Å². The Kier molecular flexibility index (Phi) is 4.48. The second-order valence-corrected chi connectivity index (χ2v) is 5.47. The highest BCUT2D eigenvalue weighted by atomic mass is 16.1. The number of anilines is 1. The summed E-state index contributed by atoms with van der Waals surface area (Å²) in [5.74, 6) is 0.807. The lowest BCUT2D eigenvalue weighted by molar-refractivity contribution is 0.248. The SMILES string of the molecule is CCn1cc(CN2CCN(c3ncccn3)CC2)ccc1=O. The van der Waals surface area contributed by atoms with E-state index in [-0.39, 0.29) is 5.56 Å². The Hall–Kier alpha value is -2.21. The Balaban J connectivity index is 1.59. The molecule has 3 heterocycles. The third kappa shape index (κ3) is 3.33. The third-order valence-corrected chi connectivity index (χ3v) is 4.00. The second-order valence-electron chi connectivity index (χ2n) is 5.47. The van der Waals surface area contributed by atoms with Gasteiger partial charge in [0.25, 0.3) is 5.56 Å². The lowest BCUT2D eigenvalue weighted by Crippen LogP contribution is -2.46. The first-order valence-corrected chi connectivity index (χ1v) is 7.70. The zero-order valence-electron chi connectivity index (χ0n) is 12.9. The molecule has 0 radical (unpaired) electrons. The number of aromatic nitrogens is 3. The van der Waals surface area contributed by atoms with Gasteiger partial charge < -0.3 is 9.47 Å². The molecule has 0 bridgehead atoms. The van der Waals surface area contributed by atoms with Crippen molar-refractivity contribution < 1.29 is 0 Å². The summed E-state index contributed by atoms with van der Waals surface area (Å²) in [4.78, 5) is 24.8. The molecule has 2 aromatic heterocycles. The summed E-state index contributed by atoms with van der Waals surface area (Å²) in [6, 6.07) is 5.43. The maximum Gasteiger partial charge on any atom is 0.250 e. The molecule has 0 N–H and O–H groups in total. The molecular weight excluding hydrogens is 278 g/mol. The van der Waals surface area contributed by atoms with E-state index in [0.29, 0.717) is 6.54 Å². The summed E-state index contributed by atoms with van der Waals surface area (Å²) < 4.78 is 1.75. The van der Waals surface area contributed by atoms with Gasteiger partial charge in [0, 0.05) is 63.9 Å². The topological polar surface area (TPSA) is 54.3 Å². The molecule has 1 aliphatic heterocycles. The minimum absolute atomic E-state index is 0.0669. The molecule has 0 spiro atoms. The van der Waals surface area contributed by atoms with Crippen LogP contribution in [-0.4, -0.2) is 45.6 Å². The molecule has 1 fully saturated rings. The van der Waals surface area contributed by atoms with E-state index in [0.717, 1.165) is 38.7 Å². The van der Waals surface area contributed by atoms with Crippen molar-refractivity contribution in [3.8, 4) is 0 Å². The van der Waals surface area contributed by atoms with Crippen LogP contribution in [0.5, 0.6) is 0 Å². The fourth-order valence-corrected chi connectivity index (χ4v) is 2.74. The number of pyridine rings is 1. The van der Waals surface area contributed by atoms with Gasteiger partial charge in [0.2, 0.25) is 5.95 Å². The first-order chi connectivity index (χ1) is 10.8. The van der Waals surface area contributed by atoms with Crippen LogP contribution in [0.1, 0.15) is 12.5 Å². The van der Waals surface area contributed by atoms with E-state index in [2.05, 4.69) is 19.8 Å². The van der Waals surface area contributed by atoms with Crippen molar-refractivity contribution in [1.29, 1.82) is 0 Å².